The Balaban J connectivity index is 1.54. The molecule has 28 heavy (non-hydrogen) atoms. The highest BCUT2D eigenvalue weighted by Crippen LogP contribution is 2.28. The lowest BCUT2D eigenvalue weighted by molar-refractivity contribution is 0.384. The number of para-hydroxylation sites is 1. The summed E-state index contributed by atoms with van der Waals surface area (Å²) >= 11 is 0. The van der Waals surface area contributed by atoms with Crippen LogP contribution in [0.4, 0.5) is 5.69 Å². The molecule has 4 rings (SSSR count). The van der Waals surface area contributed by atoms with Crippen LogP contribution < -0.4 is 9.64 Å². The number of benzene rings is 2. The Morgan fingerprint density at radius 1 is 1.00 bits per heavy atom. The van der Waals surface area contributed by atoms with Crippen LogP contribution in [0.5, 0.6) is 5.75 Å². The number of rotatable bonds is 4. The van der Waals surface area contributed by atoms with Crippen LogP contribution in [-0.2, 0) is 10.0 Å². The van der Waals surface area contributed by atoms with E-state index in [1.54, 1.807) is 35.8 Å². The molecule has 0 bridgehead atoms. The number of hydrogen-bond acceptors (Lipinski definition) is 5. The average molecular weight is 398 g/mol. The molecule has 2 aromatic carbocycles. The zero-order valence-corrected chi connectivity index (χ0v) is 16.8. The highest BCUT2D eigenvalue weighted by molar-refractivity contribution is 7.89. The topological polar surface area (TPSA) is 62.7 Å². The number of pyridine rings is 1. The van der Waals surface area contributed by atoms with Crippen molar-refractivity contribution in [3.05, 3.63) is 60.3 Å². The predicted molar refractivity (Wildman–Crippen MR) is 110 cm³/mol. The lowest BCUT2D eigenvalue weighted by Crippen LogP contribution is -2.48. The summed E-state index contributed by atoms with van der Waals surface area (Å²) in [5.74, 6) is 0.687. The molecule has 6 nitrogen and oxygen atoms in total. The molecule has 1 aromatic heterocycles. The Hall–Kier alpha value is -2.64. The third kappa shape index (κ3) is 3.31. The maximum atomic E-state index is 13.0. The van der Waals surface area contributed by atoms with E-state index in [9.17, 15) is 8.42 Å². The van der Waals surface area contributed by atoms with Gasteiger partial charge in [-0.05, 0) is 42.8 Å². The summed E-state index contributed by atoms with van der Waals surface area (Å²) < 4.78 is 32.9. The van der Waals surface area contributed by atoms with Crippen LogP contribution in [0, 0.1) is 6.92 Å². The monoisotopic (exact) mass is 397 g/mol. The van der Waals surface area contributed by atoms with E-state index in [2.05, 4.69) is 9.88 Å². The molecule has 3 aromatic rings. The second-order valence-corrected chi connectivity index (χ2v) is 8.81. The minimum Gasteiger partial charge on any atom is -0.496 e. The lowest BCUT2D eigenvalue weighted by Gasteiger charge is -2.35. The Bertz CT molecular complexity index is 1100. The molecule has 2 heterocycles. The number of ether oxygens (including phenoxy) is 1. The second-order valence-electron chi connectivity index (χ2n) is 6.87. The van der Waals surface area contributed by atoms with Crippen molar-refractivity contribution < 1.29 is 13.2 Å². The molecule has 0 atom stereocenters. The van der Waals surface area contributed by atoms with Gasteiger partial charge in [0.1, 0.15) is 5.75 Å². The van der Waals surface area contributed by atoms with Crippen molar-refractivity contribution in [2.45, 2.75) is 11.8 Å². The number of fused-ring (bicyclic) bond motifs is 1. The summed E-state index contributed by atoms with van der Waals surface area (Å²) in [7, 11) is -1.94. The average Bonchev–Trinajstić information content (AvgIpc) is 2.73. The van der Waals surface area contributed by atoms with E-state index in [0.717, 1.165) is 22.2 Å². The van der Waals surface area contributed by atoms with Crippen LogP contribution in [0.2, 0.25) is 0 Å². The molecule has 0 amide bonds. The zero-order chi connectivity index (χ0) is 19.7. The lowest BCUT2D eigenvalue weighted by atomic mass is 10.1. The number of methoxy groups -OCH3 is 1. The molecule has 0 radical (unpaired) electrons. The highest BCUT2D eigenvalue weighted by atomic mass is 32.2. The van der Waals surface area contributed by atoms with Crippen molar-refractivity contribution in [1.82, 2.24) is 9.29 Å². The standard InChI is InChI=1S/C21H23N3O3S/c1-16-15-18(8-9-20(16)27-2)28(25,26)24-13-11-23(12-14-24)19-7-3-5-17-6-4-10-22-21(17)19/h3-10,15H,11-14H2,1-2H3. The summed E-state index contributed by atoms with van der Waals surface area (Å²) in [6.45, 7) is 3.99. The molecule has 1 aliphatic heterocycles. The largest absolute Gasteiger partial charge is 0.496 e. The number of nitrogens with zero attached hydrogens (tertiary/aromatic N) is 3. The van der Waals surface area contributed by atoms with Crippen molar-refractivity contribution in [1.29, 1.82) is 0 Å². The molecule has 1 fully saturated rings. The first-order chi connectivity index (χ1) is 13.5. The van der Waals surface area contributed by atoms with Crippen LogP contribution in [-0.4, -0.2) is 51.0 Å². The molecule has 0 saturated carbocycles. The SMILES string of the molecule is COc1ccc(S(=O)(=O)N2CCN(c3cccc4cccnc34)CC2)cc1C. The Morgan fingerprint density at radius 2 is 1.75 bits per heavy atom. The Labute approximate surface area is 165 Å². The van der Waals surface area contributed by atoms with Crippen molar-refractivity contribution in [2.75, 3.05) is 38.2 Å². The maximum Gasteiger partial charge on any atom is 0.243 e. The molecule has 7 heteroatoms. The van der Waals surface area contributed by atoms with Crippen LogP contribution in [0.1, 0.15) is 5.56 Å². The van der Waals surface area contributed by atoms with Gasteiger partial charge in [0, 0.05) is 37.8 Å². The van der Waals surface area contributed by atoms with Gasteiger partial charge in [0.2, 0.25) is 10.0 Å². The predicted octanol–water partition coefficient (Wildman–Crippen LogP) is 3.06. The Morgan fingerprint density at radius 3 is 2.46 bits per heavy atom. The van der Waals surface area contributed by atoms with Gasteiger partial charge < -0.3 is 9.64 Å². The summed E-state index contributed by atoms with van der Waals surface area (Å²) in [5.41, 5.74) is 2.81. The molecule has 146 valence electrons. The van der Waals surface area contributed by atoms with E-state index >= 15 is 0 Å². The van der Waals surface area contributed by atoms with Gasteiger partial charge >= 0.3 is 0 Å². The first kappa shape index (κ1) is 18.7. The fourth-order valence-electron chi connectivity index (χ4n) is 3.67. The normalized spacial score (nSPS) is 15.7. The maximum absolute atomic E-state index is 13.0. The van der Waals surface area contributed by atoms with Crippen LogP contribution >= 0.6 is 0 Å². The molecule has 1 saturated heterocycles. The van der Waals surface area contributed by atoms with Crippen molar-refractivity contribution >= 4 is 26.6 Å². The van der Waals surface area contributed by atoms with Gasteiger partial charge in [0.25, 0.3) is 0 Å². The third-order valence-corrected chi connectivity index (χ3v) is 7.09. The fraction of sp³-hybridized carbons (Fsp3) is 0.286. The molecular weight excluding hydrogens is 374 g/mol. The quantitative estimate of drug-likeness (QED) is 0.677. The number of anilines is 1. The molecular formula is C21H23N3O3S. The van der Waals surface area contributed by atoms with Crippen molar-refractivity contribution in [3.63, 3.8) is 0 Å². The molecule has 0 aliphatic carbocycles. The van der Waals surface area contributed by atoms with Crippen molar-refractivity contribution in [2.24, 2.45) is 0 Å². The van der Waals surface area contributed by atoms with Gasteiger partial charge in [-0.25, -0.2) is 8.42 Å². The summed E-state index contributed by atoms with van der Waals surface area (Å²) in [5, 5.41) is 1.09. The second kappa shape index (κ2) is 7.41. The van der Waals surface area contributed by atoms with Crippen LogP contribution in [0.15, 0.2) is 59.6 Å². The first-order valence-electron chi connectivity index (χ1n) is 9.24. The summed E-state index contributed by atoms with van der Waals surface area (Å²) in [6, 6.07) is 15.1. The summed E-state index contributed by atoms with van der Waals surface area (Å²) in [6.07, 6.45) is 1.79. The van der Waals surface area contributed by atoms with Gasteiger partial charge in [-0.1, -0.05) is 18.2 Å². The van der Waals surface area contributed by atoms with Gasteiger partial charge in [0.15, 0.2) is 0 Å². The van der Waals surface area contributed by atoms with Gasteiger partial charge in [0.05, 0.1) is 23.2 Å². The van der Waals surface area contributed by atoms with Gasteiger partial charge in [-0.3, -0.25) is 4.98 Å². The van der Waals surface area contributed by atoms with Gasteiger partial charge in [-0.15, -0.1) is 0 Å². The van der Waals surface area contributed by atoms with Gasteiger partial charge in [-0.2, -0.15) is 4.31 Å². The summed E-state index contributed by atoms with van der Waals surface area (Å²) in [4.78, 5) is 7.03. The van der Waals surface area contributed by atoms with E-state index in [1.165, 1.54) is 0 Å². The number of piperazine rings is 1. The molecule has 0 spiro atoms. The molecule has 0 N–H and O–H groups in total. The van der Waals surface area contributed by atoms with E-state index in [-0.39, 0.29) is 0 Å². The smallest absolute Gasteiger partial charge is 0.243 e. The van der Waals surface area contributed by atoms with E-state index < -0.39 is 10.0 Å². The van der Waals surface area contributed by atoms with Crippen LogP contribution in [0.25, 0.3) is 10.9 Å². The minimum atomic E-state index is -3.52. The highest BCUT2D eigenvalue weighted by Gasteiger charge is 2.29. The number of sulfonamides is 1. The fourth-order valence-corrected chi connectivity index (χ4v) is 5.18. The zero-order valence-electron chi connectivity index (χ0n) is 16.0. The van der Waals surface area contributed by atoms with E-state index in [0.29, 0.717) is 36.8 Å². The number of aryl methyl sites for hydroxylation is 1. The molecule has 1 aliphatic rings. The van der Waals surface area contributed by atoms with Crippen molar-refractivity contribution in [3.8, 4) is 5.75 Å². The molecule has 0 unspecified atom stereocenters. The third-order valence-electron chi connectivity index (χ3n) is 5.19. The Kier molecular flexibility index (Phi) is 4.95. The van der Waals surface area contributed by atoms with E-state index in [4.69, 9.17) is 4.74 Å². The first-order valence-corrected chi connectivity index (χ1v) is 10.7. The van der Waals surface area contributed by atoms with Crippen LogP contribution in [0.3, 0.4) is 0 Å². The number of aromatic nitrogens is 1. The van der Waals surface area contributed by atoms with E-state index in [1.807, 2.05) is 37.3 Å². The minimum absolute atomic E-state index is 0.311. The number of hydrogen-bond donors (Lipinski definition) is 0.